The number of amides is 1. The Kier molecular flexibility index (Phi) is 2.99. The van der Waals surface area contributed by atoms with Crippen LogP contribution >= 0.6 is 0 Å². The van der Waals surface area contributed by atoms with Gasteiger partial charge in [0.2, 0.25) is 0 Å². The molecule has 0 bridgehead atoms. The monoisotopic (exact) mass is 192 g/mol. The van der Waals surface area contributed by atoms with Gasteiger partial charge < -0.3 is 0 Å². The molecule has 0 aromatic heterocycles. The average molecular weight is 192 g/mol. The molecule has 0 aliphatic carbocycles. The molecule has 1 amide bonds. The molecule has 3 N–H and O–H groups in total. The highest BCUT2D eigenvalue weighted by atomic mass is 16.2. The molecular weight excluding hydrogens is 180 g/mol. The van der Waals surface area contributed by atoms with Crippen molar-refractivity contribution in [2.24, 2.45) is 5.84 Å². The van der Waals surface area contributed by atoms with Gasteiger partial charge in [0.05, 0.1) is 0 Å². The highest BCUT2D eigenvalue weighted by Crippen LogP contribution is 2.11. The van der Waals surface area contributed by atoms with E-state index in [9.17, 15) is 9.59 Å². The first-order valence-corrected chi connectivity index (χ1v) is 4.18. The Morgan fingerprint density at radius 3 is 2.43 bits per heavy atom. The Balaban J connectivity index is 3.12. The van der Waals surface area contributed by atoms with E-state index in [1.165, 1.54) is 6.92 Å². The van der Waals surface area contributed by atoms with Gasteiger partial charge in [0.15, 0.2) is 5.78 Å². The number of hydrogen-bond donors (Lipinski definition) is 2. The van der Waals surface area contributed by atoms with Crippen LogP contribution in [0, 0.1) is 6.92 Å². The van der Waals surface area contributed by atoms with Crippen LogP contribution in [0.2, 0.25) is 0 Å². The van der Waals surface area contributed by atoms with Gasteiger partial charge in [-0.25, -0.2) is 5.84 Å². The van der Waals surface area contributed by atoms with Crippen molar-refractivity contribution in [1.82, 2.24) is 5.43 Å². The van der Waals surface area contributed by atoms with Crippen LogP contribution in [0.15, 0.2) is 18.2 Å². The zero-order chi connectivity index (χ0) is 10.7. The van der Waals surface area contributed by atoms with Crippen LogP contribution in [-0.2, 0) is 0 Å². The minimum atomic E-state index is -0.358. The topological polar surface area (TPSA) is 72.2 Å². The van der Waals surface area contributed by atoms with Crippen molar-refractivity contribution in [2.75, 3.05) is 0 Å². The number of aryl methyl sites for hydroxylation is 1. The molecule has 0 fully saturated rings. The average Bonchev–Trinajstić information content (AvgIpc) is 2.15. The number of carbonyl (C=O) groups is 2. The molecule has 0 aliphatic heterocycles. The summed E-state index contributed by atoms with van der Waals surface area (Å²) in [5.41, 5.74) is 3.89. The number of carbonyl (C=O) groups excluding carboxylic acids is 2. The van der Waals surface area contributed by atoms with E-state index in [-0.39, 0.29) is 11.7 Å². The maximum Gasteiger partial charge on any atom is 0.265 e. The summed E-state index contributed by atoms with van der Waals surface area (Å²) in [4.78, 5) is 22.2. The van der Waals surface area contributed by atoms with Gasteiger partial charge in [-0.1, -0.05) is 6.07 Å². The third-order valence-corrected chi connectivity index (χ3v) is 2.00. The van der Waals surface area contributed by atoms with Gasteiger partial charge in [-0.15, -0.1) is 0 Å². The molecule has 1 rings (SSSR count). The lowest BCUT2D eigenvalue weighted by atomic mass is 10.0. The summed E-state index contributed by atoms with van der Waals surface area (Å²) in [5, 5.41) is 0. The van der Waals surface area contributed by atoms with E-state index < -0.39 is 0 Å². The minimum absolute atomic E-state index is 0.0118. The maximum atomic E-state index is 11.1. The lowest BCUT2D eigenvalue weighted by molar-refractivity contribution is 0.0951. The first-order chi connectivity index (χ1) is 6.56. The van der Waals surface area contributed by atoms with Gasteiger partial charge in [-0.05, 0) is 31.5 Å². The molecule has 0 heterocycles. The van der Waals surface area contributed by atoms with Crippen molar-refractivity contribution in [2.45, 2.75) is 13.8 Å². The van der Waals surface area contributed by atoms with E-state index >= 15 is 0 Å². The van der Waals surface area contributed by atoms with Crippen LogP contribution in [0.1, 0.15) is 33.2 Å². The molecule has 0 atom stereocenters. The lowest BCUT2D eigenvalue weighted by Gasteiger charge is -2.04. The summed E-state index contributed by atoms with van der Waals surface area (Å²) < 4.78 is 0. The Labute approximate surface area is 82.1 Å². The van der Waals surface area contributed by atoms with Gasteiger partial charge in [0.25, 0.3) is 5.91 Å². The lowest BCUT2D eigenvalue weighted by Crippen LogP contribution is -2.30. The Morgan fingerprint density at radius 2 is 2.00 bits per heavy atom. The molecule has 0 radical (unpaired) electrons. The largest absolute Gasteiger partial charge is 0.295 e. The molecule has 14 heavy (non-hydrogen) atoms. The zero-order valence-corrected chi connectivity index (χ0v) is 8.13. The molecule has 4 nitrogen and oxygen atoms in total. The first kappa shape index (κ1) is 10.4. The van der Waals surface area contributed by atoms with Gasteiger partial charge in [-0.3, -0.25) is 15.0 Å². The second-order valence-corrected chi connectivity index (χ2v) is 3.06. The van der Waals surface area contributed by atoms with E-state index in [4.69, 9.17) is 5.84 Å². The standard InChI is InChI=1S/C10H12N2O2/c1-6-5-8(10(14)12-11)3-4-9(6)7(2)13/h3-5H,11H2,1-2H3,(H,12,14). The first-order valence-electron chi connectivity index (χ1n) is 4.18. The summed E-state index contributed by atoms with van der Waals surface area (Å²) >= 11 is 0. The molecule has 0 aliphatic rings. The smallest absolute Gasteiger partial charge is 0.265 e. The highest BCUT2D eigenvalue weighted by molar-refractivity contribution is 5.98. The Hall–Kier alpha value is -1.68. The normalized spacial score (nSPS) is 9.64. The van der Waals surface area contributed by atoms with E-state index in [0.29, 0.717) is 11.1 Å². The predicted molar refractivity (Wildman–Crippen MR) is 52.8 cm³/mol. The number of nitrogen functional groups attached to an aromatic ring is 1. The molecule has 0 saturated carbocycles. The number of hydrazine groups is 1. The number of rotatable bonds is 2. The van der Waals surface area contributed by atoms with Crippen molar-refractivity contribution < 1.29 is 9.59 Å². The van der Waals surface area contributed by atoms with Crippen LogP contribution in [0.3, 0.4) is 0 Å². The summed E-state index contributed by atoms with van der Waals surface area (Å²) in [6.45, 7) is 3.27. The van der Waals surface area contributed by atoms with Crippen LogP contribution < -0.4 is 11.3 Å². The number of nitrogens with two attached hydrogens (primary N) is 1. The number of hydrogen-bond acceptors (Lipinski definition) is 3. The summed E-state index contributed by atoms with van der Waals surface area (Å²) in [7, 11) is 0. The van der Waals surface area contributed by atoms with Crippen molar-refractivity contribution >= 4 is 11.7 Å². The third-order valence-electron chi connectivity index (χ3n) is 2.00. The van der Waals surface area contributed by atoms with Crippen LogP contribution in [0.25, 0.3) is 0 Å². The summed E-state index contributed by atoms with van der Waals surface area (Å²) in [6.07, 6.45) is 0. The Bertz CT molecular complexity index is 386. The molecule has 4 heteroatoms. The molecule has 74 valence electrons. The van der Waals surface area contributed by atoms with E-state index in [0.717, 1.165) is 5.56 Å². The van der Waals surface area contributed by atoms with Gasteiger partial charge >= 0.3 is 0 Å². The van der Waals surface area contributed by atoms with Crippen molar-refractivity contribution in [1.29, 1.82) is 0 Å². The van der Waals surface area contributed by atoms with Gasteiger partial charge in [0.1, 0.15) is 0 Å². The van der Waals surface area contributed by atoms with Gasteiger partial charge in [0, 0.05) is 11.1 Å². The van der Waals surface area contributed by atoms with Crippen molar-refractivity contribution in [3.63, 3.8) is 0 Å². The summed E-state index contributed by atoms with van der Waals surface area (Å²) in [6, 6.07) is 4.84. The second-order valence-electron chi connectivity index (χ2n) is 3.06. The quantitative estimate of drug-likeness (QED) is 0.315. The maximum absolute atomic E-state index is 11.1. The summed E-state index contributed by atoms with van der Waals surface area (Å²) in [5.74, 6) is 4.62. The molecular formula is C10H12N2O2. The minimum Gasteiger partial charge on any atom is -0.295 e. The Morgan fingerprint density at radius 1 is 1.36 bits per heavy atom. The molecule has 0 spiro atoms. The van der Waals surface area contributed by atoms with E-state index in [1.54, 1.807) is 25.1 Å². The fourth-order valence-electron chi connectivity index (χ4n) is 1.28. The SMILES string of the molecule is CC(=O)c1ccc(C(=O)NN)cc1C. The fourth-order valence-corrected chi connectivity index (χ4v) is 1.28. The molecule has 1 aromatic rings. The fraction of sp³-hybridized carbons (Fsp3) is 0.200. The van der Waals surface area contributed by atoms with Gasteiger partial charge in [-0.2, -0.15) is 0 Å². The number of benzene rings is 1. The molecule has 0 saturated heterocycles. The van der Waals surface area contributed by atoms with E-state index in [1.807, 2.05) is 5.43 Å². The number of Topliss-reactive ketones (excluding diaryl/α,β-unsaturated/α-hetero) is 1. The molecule has 0 unspecified atom stereocenters. The zero-order valence-electron chi connectivity index (χ0n) is 8.13. The second kappa shape index (κ2) is 4.02. The van der Waals surface area contributed by atoms with Crippen LogP contribution in [0.4, 0.5) is 0 Å². The molecule has 1 aromatic carbocycles. The third kappa shape index (κ3) is 1.97. The van der Waals surface area contributed by atoms with Crippen molar-refractivity contribution in [3.8, 4) is 0 Å². The highest BCUT2D eigenvalue weighted by Gasteiger charge is 2.08. The van der Waals surface area contributed by atoms with Crippen LogP contribution in [-0.4, -0.2) is 11.7 Å². The number of ketones is 1. The van der Waals surface area contributed by atoms with Crippen LogP contribution in [0.5, 0.6) is 0 Å². The van der Waals surface area contributed by atoms with E-state index in [2.05, 4.69) is 0 Å². The van der Waals surface area contributed by atoms with Crippen molar-refractivity contribution in [3.05, 3.63) is 34.9 Å². The predicted octanol–water partition coefficient (Wildman–Crippen LogP) is 0.801. The number of nitrogens with one attached hydrogen (secondary N) is 1.